The molecule has 0 atom stereocenters. The lowest BCUT2D eigenvalue weighted by Gasteiger charge is -2.36. The van der Waals surface area contributed by atoms with Crippen LogP contribution in [0.4, 0.5) is 5.69 Å². The van der Waals surface area contributed by atoms with Crippen LogP contribution >= 0.6 is 0 Å². The summed E-state index contributed by atoms with van der Waals surface area (Å²) in [4.78, 5) is 22.3. The standard InChI is InChI=1S/C21H24N4O/c1-2-8-18-20(25-12-7-6-11-19(25)22-18)21(26)24-15-13-23(14-16-24)17-9-4-3-5-10-17/h3-7,9-12H,2,8,13-16H2,1H3. The maximum Gasteiger partial charge on any atom is 0.272 e. The highest BCUT2D eigenvalue weighted by atomic mass is 16.2. The minimum atomic E-state index is 0.0971. The van der Waals surface area contributed by atoms with Crippen LogP contribution in [0.25, 0.3) is 5.65 Å². The van der Waals surface area contributed by atoms with Gasteiger partial charge in [0.05, 0.1) is 5.69 Å². The second-order valence-corrected chi connectivity index (χ2v) is 6.70. The van der Waals surface area contributed by atoms with Crippen molar-refractivity contribution in [1.82, 2.24) is 14.3 Å². The zero-order valence-electron chi connectivity index (χ0n) is 15.1. The second-order valence-electron chi connectivity index (χ2n) is 6.70. The van der Waals surface area contributed by atoms with Crippen LogP contribution in [0.15, 0.2) is 54.7 Å². The summed E-state index contributed by atoms with van der Waals surface area (Å²) in [5.74, 6) is 0.0971. The van der Waals surface area contributed by atoms with Crippen molar-refractivity contribution in [2.75, 3.05) is 31.1 Å². The number of carbonyl (C=O) groups is 1. The number of aryl methyl sites for hydroxylation is 1. The maximum atomic E-state index is 13.3. The molecule has 0 aliphatic carbocycles. The molecule has 1 aliphatic rings. The van der Waals surface area contributed by atoms with E-state index in [1.807, 2.05) is 39.8 Å². The number of piperazine rings is 1. The van der Waals surface area contributed by atoms with Gasteiger partial charge >= 0.3 is 0 Å². The molecule has 0 unspecified atom stereocenters. The van der Waals surface area contributed by atoms with E-state index in [1.165, 1.54) is 5.69 Å². The molecule has 1 saturated heterocycles. The van der Waals surface area contributed by atoms with Gasteiger partial charge in [-0.25, -0.2) is 4.98 Å². The first-order valence-corrected chi connectivity index (χ1v) is 9.33. The number of imidazole rings is 1. The summed E-state index contributed by atoms with van der Waals surface area (Å²) >= 11 is 0. The van der Waals surface area contributed by atoms with Gasteiger partial charge in [-0.1, -0.05) is 37.6 Å². The zero-order valence-corrected chi connectivity index (χ0v) is 15.1. The summed E-state index contributed by atoms with van der Waals surface area (Å²) in [7, 11) is 0. The highest BCUT2D eigenvalue weighted by Gasteiger charge is 2.27. The first-order valence-electron chi connectivity index (χ1n) is 9.33. The fourth-order valence-corrected chi connectivity index (χ4v) is 3.64. The van der Waals surface area contributed by atoms with E-state index in [4.69, 9.17) is 0 Å². The Morgan fingerprint density at radius 1 is 1.00 bits per heavy atom. The number of para-hydroxylation sites is 1. The lowest BCUT2D eigenvalue weighted by Crippen LogP contribution is -2.49. The van der Waals surface area contributed by atoms with E-state index >= 15 is 0 Å². The van der Waals surface area contributed by atoms with Crippen LogP contribution in [0, 0.1) is 0 Å². The van der Waals surface area contributed by atoms with Gasteiger partial charge in [0.2, 0.25) is 0 Å². The van der Waals surface area contributed by atoms with E-state index in [0.717, 1.165) is 56.1 Å². The number of benzene rings is 1. The number of nitrogens with zero attached hydrogens (tertiary/aromatic N) is 4. The number of aromatic nitrogens is 2. The molecule has 3 heterocycles. The molecule has 2 aromatic heterocycles. The summed E-state index contributed by atoms with van der Waals surface area (Å²) < 4.78 is 1.94. The molecule has 1 amide bonds. The summed E-state index contributed by atoms with van der Waals surface area (Å²) in [6, 6.07) is 16.3. The van der Waals surface area contributed by atoms with Crippen LogP contribution in [0.5, 0.6) is 0 Å². The van der Waals surface area contributed by atoms with Crippen LogP contribution in [0.3, 0.4) is 0 Å². The average Bonchev–Trinajstić information content (AvgIpc) is 3.06. The van der Waals surface area contributed by atoms with Crippen molar-refractivity contribution in [3.63, 3.8) is 0 Å². The highest BCUT2D eigenvalue weighted by Crippen LogP contribution is 2.20. The molecule has 26 heavy (non-hydrogen) atoms. The van der Waals surface area contributed by atoms with E-state index in [1.54, 1.807) is 0 Å². The monoisotopic (exact) mass is 348 g/mol. The normalized spacial score (nSPS) is 14.8. The molecule has 134 valence electrons. The Kier molecular flexibility index (Phi) is 4.61. The molecule has 4 rings (SSSR count). The Labute approximate surface area is 153 Å². The molecule has 1 fully saturated rings. The summed E-state index contributed by atoms with van der Waals surface area (Å²) in [5.41, 5.74) is 3.72. The minimum absolute atomic E-state index is 0.0971. The first kappa shape index (κ1) is 16.6. The molecule has 0 radical (unpaired) electrons. The van der Waals surface area contributed by atoms with E-state index in [-0.39, 0.29) is 5.91 Å². The predicted octanol–water partition coefficient (Wildman–Crippen LogP) is 3.25. The van der Waals surface area contributed by atoms with Gasteiger partial charge in [0.1, 0.15) is 11.3 Å². The molecule has 5 nitrogen and oxygen atoms in total. The van der Waals surface area contributed by atoms with Crippen LogP contribution < -0.4 is 4.90 Å². The smallest absolute Gasteiger partial charge is 0.272 e. The van der Waals surface area contributed by atoms with Crippen molar-refractivity contribution in [2.45, 2.75) is 19.8 Å². The third-order valence-corrected chi connectivity index (χ3v) is 4.98. The number of hydrogen-bond donors (Lipinski definition) is 0. The van der Waals surface area contributed by atoms with E-state index in [9.17, 15) is 4.79 Å². The van der Waals surface area contributed by atoms with Gasteiger partial charge in [0.15, 0.2) is 0 Å². The van der Waals surface area contributed by atoms with Gasteiger partial charge in [-0.05, 0) is 30.7 Å². The predicted molar refractivity (Wildman–Crippen MR) is 104 cm³/mol. The largest absolute Gasteiger partial charge is 0.368 e. The van der Waals surface area contributed by atoms with Gasteiger partial charge in [-0.15, -0.1) is 0 Å². The Morgan fingerprint density at radius 2 is 1.73 bits per heavy atom. The van der Waals surface area contributed by atoms with Gasteiger partial charge < -0.3 is 9.80 Å². The van der Waals surface area contributed by atoms with Crippen molar-refractivity contribution in [1.29, 1.82) is 0 Å². The van der Waals surface area contributed by atoms with Crippen LogP contribution in [0.1, 0.15) is 29.5 Å². The van der Waals surface area contributed by atoms with E-state index < -0.39 is 0 Å². The third kappa shape index (κ3) is 3.05. The molecular formula is C21H24N4O. The molecule has 5 heteroatoms. The third-order valence-electron chi connectivity index (χ3n) is 4.98. The van der Waals surface area contributed by atoms with Crippen LogP contribution in [-0.4, -0.2) is 46.4 Å². The lowest BCUT2D eigenvalue weighted by atomic mass is 10.1. The van der Waals surface area contributed by atoms with Gasteiger partial charge in [0.25, 0.3) is 5.91 Å². The zero-order chi connectivity index (χ0) is 17.9. The minimum Gasteiger partial charge on any atom is -0.368 e. The van der Waals surface area contributed by atoms with Crippen molar-refractivity contribution in [3.05, 3.63) is 66.1 Å². The lowest BCUT2D eigenvalue weighted by molar-refractivity contribution is 0.0738. The SMILES string of the molecule is CCCc1nc2ccccn2c1C(=O)N1CCN(c2ccccc2)CC1. The Balaban J connectivity index is 1.55. The van der Waals surface area contributed by atoms with Gasteiger partial charge in [-0.2, -0.15) is 0 Å². The van der Waals surface area contributed by atoms with Crippen molar-refractivity contribution >= 4 is 17.2 Å². The first-order chi connectivity index (χ1) is 12.8. The van der Waals surface area contributed by atoms with Gasteiger partial charge in [-0.3, -0.25) is 9.20 Å². The number of hydrogen-bond acceptors (Lipinski definition) is 3. The second kappa shape index (κ2) is 7.20. The number of carbonyl (C=O) groups excluding carboxylic acids is 1. The molecule has 0 N–H and O–H groups in total. The molecule has 1 aromatic carbocycles. The fraction of sp³-hybridized carbons (Fsp3) is 0.333. The van der Waals surface area contributed by atoms with Crippen LogP contribution in [0.2, 0.25) is 0 Å². The fourth-order valence-electron chi connectivity index (χ4n) is 3.64. The van der Waals surface area contributed by atoms with E-state index in [2.05, 4.69) is 41.1 Å². The molecule has 0 saturated carbocycles. The summed E-state index contributed by atoms with van der Waals surface area (Å²) in [6.07, 6.45) is 3.74. The topological polar surface area (TPSA) is 40.9 Å². The average molecular weight is 348 g/mol. The number of anilines is 1. The number of amides is 1. The number of rotatable bonds is 4. The van der Waals surface area contributed by atoms with Crippen molar-refractivity contribution in [2.24, 2.45) is 0 Å². The van der Waals surface area contributed by atoms with Gasteiger partial charge in [0, 0.05) is 38.1 Å². The van der Waals surface area contributed by atoms with Crippen molar-refractivity contribution < 1.29 is 4.79 Å². The molecule has 3 aromatic rings. The van der Waals surface area contributed by atoms with Crippen molar-refractivity contribution in [3.8, 4) is 0 Å². The highest BCUT2D eigenvalue weighted by molar-refractivity contribution is 5.95. The quantitative estimate of drug-likeness (QED) is 0.727. The number of pyridine rings is 1. The Morgan fingerprint density at radius 3 is 2.46 bits per heavy atom. The van der Waals surface area contributed by atoms with E-state index in [0.29, 0.717) is 0 Å². The van der Waals surface area contributed by atoms with Crippen LogP contribution in [-0.2, 0) is 6.42 Å². The summed E-state index contributed by atoms with van der Waals surface area (Å²) in [5, 5.41) is 0. The molecule has 0 bridgehead atoms. The molecular weight excluding hydrogens is 324 g/mol. The Bertz CT molecular complexity index is 895. The molecule has 0 spiro atoms. The maximum absolute atomic E-state index is 13.3. The Hall–Kier alpha value is -2.82. The summed E-state index contributed by atoms with van der Waals surface area (Å²) in [6.45, 7) is 5.31. The number of fused-ring (bicyclic) bond motifs is 1. The molecule has 1 aliphatic heterocycles.